The second kappa shape index (κ2) is 7.54. The maximum absolute atomic E-state index is 3.59. The first kappa shape index (κ1) is 14.4. The van der Waals surface area contributed by atoms with Crippen molar-refractivity contribution in [3.8, 4) is 0 Å². The zero-order valence-corrected chi connectivity index (χ0v) is 12.5. The van der Waals surface area contributed by atoms with E-state index in [0.29, 0.717) is 0 Å². The van der Waals surface area contributed by atoms with Gasteiger partial charge in [0.2, 0.25) is 0 Å². The van der Waals surface area contributed by atoms with Gasteiger partial charge in [-0.15, -0.1) is 0 Å². The second-order valence-corrected chi connectivity index (χ2v) is 5.93. The van der Waals surface area contributed by atoms with Gasteiger partial charge in [-0.25, -0.2) is 0 Å². The van der Waals surface area contributed by atoms with Crippen molar-refractivity contribution in [2.45, 2.75) is 39.0 Å². The minimum Gasteiger partial charge on any atom is -0.385 e. The third-order valence-electron chi connectivity index (χ3n) is 4.21. The van der Waals surface area contributed by atoms with E-state index in [-0.39, 0.29) is 0 Å². The van der Waals surface area contributed by atoms with E-state index < -0.39 is 0 Å². The molecule has 0 saturated carbocycles. The van der Waals surface area contributed by atoms with Crippen LogP contribution >= 0.6 is 0 Å². The molecule has 19 heavy (non-hydrogen) atoms. The number of nitrogens with zero attached hydrogens (tertiary/aromatic N) is 1. The Morgan fingerprint density at radius 1 is 1.16 bits per heavy atom. The van der Waals surface area contributed by atoms with Gasteiger partial charge in [0.1, 0.15) is 0 Å². The molecule has 1 heterocycles. The average molecular weight is 260 g/mol. The fourth-order valence-electron chi connectivity index (χ4n) is 2.70. The molecule has 0 unspecified atom stereocenters. The van der Waals surface area contributed by atoms with Gasteiger partial charge in [-0.2, -0.15) is 0 Å². The van der Waals surface area contributed by atoms with Crippen LogP contribution in [-0.4, -0.2) is 31.6 Å². The third-order valence-corrected chi connectivity index (χ3v) is 4.21. The highest BCUT2D eigenvalue weighted by Crippen LogP contribution is 2.18. The molecule has 1 N–H and O–H groups in total. The summed E-state index contributed by atoms with van der Waals surface area (Å²) >= 11 is 0. The summed E-state index contributed by atoms with van der Waals surface area (Å²) in [5.74, 6) is 0.843. The quantitative estimate of drug-likeness (QED) is 0.837. The van der Waals surface area contributed by atoms with Crippen LogP contribution in [0.15, 0.2) is 24.3 Å². The number of benzene rings is 1. The molecule has 1 fully saturated rings. The molecule has 0 spiro atoms. The van der Waals surface area contributed by atoms with Crippen molar-refractivity contribution in [2.24, 2.45) is 5.92 Å². The van der Waals surface area contributed by atoms with Crippen LogP contribution in [0, 0.1) is 5.92 Å². The van der Waals surface area contributed by atoms with E-state index in [1.807, 2.05) is 0 Å². The monoisotopic (exact) mass is 260 g/mol. The Balaban J connectivity index is 1.73. The maximum atomic E-state index is 3.59. The van der Waals surface area contributed by atoms with Crippen LogP contribution in [0.2, 0.25) is 0 Å². The van der Waals surface area contributed by atoms with Gasteiger partial charge in [-0.1, -0.05) is 25.5 Å². The summed E-state index contributed by atoms with van der Waals surface area (Å²) in [6, 6.07) is 9.01. The first-order chi connectivity index (χ1) is 9.28. The first-order valence-corrected chi connectivity index (χ1v) is 7.79. The smallest absolute Gasteiger partial charge is 0.0340 e. The minimum atomic E-state index is 0.843. The lowest BCUT2D eigenvalue weighted by atomic mass is 9.97. The molecule has 0 radical (unpaired) electrons. The van der Waals surface area contributed by atoms with E-state index in [1.165, 1.54) is 56.4 Å². The first-order valence-electron chi connectivity index (χ1n) is 7.79. The summed E-state index contributed by atoms with van der Waals surface area (Å²) in [5.41, 5.74) is 2.74. The lowest BCUT2D eigenvalue weighted by Crippen LogP contribution is -2.32. The number of hydrogen-bond donors (Lipinski definition) is 1. The number of aryl methyl sites for hydroxylation is 1. The number of nitrogens with one attached hydrogen (secondary N) is 1. The summed E-state index contributed by atoms with van der Waals surface area (Å²) in [6.07, 6.45) is 6.44. The molecule has 1 aliphatic heterocycles. The highest BCUT2D eigenvalue weighted by Gasteiger charge is 2.15. The van der Waals surface area contributed by atoms with Crippen LogP contribution < -0.4 is 5.32 Å². The third kappa shape index (κ3) is 4.87. The Labute approximate surface area is 118 Å². The Morgan fingerprint density at radius 2 is 1.84 bits per heavy atom. The fraction of sp³-hybridized carbons (Fsp3) is 0.647. The van der Waals surface area contributed by atoms with Crippen LogP contribution in [0.1, 0.15) is 38.2 Å². The van der Waals surface area contributed by atoms with E-state index in [4.69, 9.17) is 0 Å². The number of hydrogen-bond acceptors (Lipinski definition) is 2. The SMILES string of the molecule is CCCCc1ccc(NCC2CCN(C)CC2)cc1. The summed E-state index contributed by atoms with van der Waals surface area (Å²) in [7, 11) is 2.22. The summed E-state index contributed by atoms with van der Waals surface area (Å²) in [5, 5.41) is 3.59. The predicted octanol–water partition coefficient (Wildman–Crippen LogP) is 3.78. The number of piperidine rings is 1. The molecule has 2 nitrogen and oxygen atoms in total. The number of unbranched alkanes of at least 4 members (excludes halogenated alkanes) is 1. The van der Waals surface area contributed by atoms with Crippen molar-refractivity contribution in [3.63, 3.8) is 0 Å². The van der Waals surface area contributed by atoms with Gasteiger partial charge >= 0.3 is 0 Å². The topological polar surface area (TPSA) is 15.3 Å². The molecule has 1 aromatic carbocycles. The molecule has 1 saturated heterocycles. The van der Waals surface area contributed by atoms with E-state index in [2.05, 4.69) is 48.5 Å². The van der Waals surface area contributed by atoms with Crippen molar-refractivity contribution in [1.29, 1.82) is 0 Å². The normalized spacial score (nSPS) is 17.6. The second-order valence-electron chi connectivity index (χ2n) is 5.93. The molecule has 1 aliphatic rings. The molecule has 0 atom stereocenters. The van der Waals surface area contributed by atoms with Gasteiger partial charge in [0.15, 0.2) is 0 Å². The molecular formula is C17H28N2. The van der Waals surface area contributed by atoms with Gasteiger partial charge in [0, 0.05) is 12.2 Å². The lowest BCUT2D eigenvalue weighted by molar-refractivity contribution is 0.226. The van der Waals surface area contributed by atoms with E-state index in [1.54, 1.807) is 0 Å². The van der Waals surface area contributed by atoms with Crippen molar-refractivity contribution in [2.75, 3.05) is 32.0 Å². The Kier molecular flexibility index (Phi) is 5.71. The average Bonchev–Trinajstić information content (AvgIpc) is 2.46. The standard InChI is InChI=1S/C17H28N2/c1-3-4-5-15-6-8-17(9-7-15)18-14-16-10-12-19(2)13-11-16/h6-9,16,18H,3-5,10-14H2,1-2H3. The molecule has 106 valence electrons. The molecule has 1 aromatic rings. The fourth-order valence-corrected chi connectivity index (χ4v) is 2.70. The van der Waals surface area contributed by atoms with E-state index >= 15 is 0 Å². The molecule has 0 bridgehead atoms. The summed E-state index contributed by atoms with van der Waals surface area (Å²) in [4.78, 5) is 2.43. The highest BCUT2D eigenvalue weighted by atomic mass is 15.1. The van der Waals surface area contributed by atoms with Gasteiger partial charge in [0.05, 0.1) is 0 Å². The highest BCUT2D eigenvalue weighted by molar-refractivity contribution is 5.44. The van der Waals surface area contributed by atoms with Crippen molar-refractivity contribution in [1.82, 2.24) is 4.90 Å². The molecule has 2 rings (SSSR count). The number of rotatable bonds is 6. The largest absolute Gasteiger partial charge is 0.385 e. The molecule has 2 heteroatoms. The van der Waals surface area contributed by atoms with E-state index in [9.17, 15) is 0 Å². The van der Waals surface area contributed by atoms with Crippen molar-refractivity contribution in [3.05, 3.63) is 29.8 Å². The van der Waals surface area contributed by atoms with E-state index in [0.717, 1.165) is 12.5 Å². The van der Waals surface area contributed by atoms with Gasteiger partial charge in [-0.3, -0.25) is 0 Å². The Bertz CT molecular complexity index is 350. The summed E-state index contributed by atoms with van der Waals surface area (Å²) < 4.78 is 0. The van der Waals surface area contributed by atoms with Crippen LogP contribution in [0.5, 0.6) is 0 Å². The van der Waals surface area contributed by atoms with Crippen LogP contribution in [-0.2, 0) is 6.42 Å². The Hall–Kier alpha value is -1.02. The van der Waals surface area contributed by atoms with Crippen LogP contribution in [0.25, 0.3) is 0 Å². The van der Waals surface area contributed by atoms with Gasteiger partial charge in [0.25, 0.3) is 0 Å². The van der Waals surface area contributed by atoms with Gasteiger partial charge < -0.3 is 10.2 Å². The van der Waals surface area contributed by atoms with Gasteiger partial charge in [-0.05, 0) is 69.4 Å². The number of likely N-dealkylation sites (tertiary alicyclic amines) is 1. The zero-order valence-electron chi connectivity index (χ0n) is 12.5. The summed E-state index contributed by atoms with van der Waals surface area (Å²) in [6.45, 7) is 5.88. The zero-order chi connectivity index (χ0) is 13.5. The lowest BCUT2D eigenvalue weighted by Gasteiger charge is -2.29. The maximum Gasteiger partial charge on any atom is 0.0340 e. The predicted molar refractivity (Wildman–Crippen MR) is 83.8 cm³/mol. The Morgan fingerprint density at radius 3 is 2.47 bits per heavy atom. The number of anilines is 1. The van der Waals surface area contributed by atoms with Crippen LogP contribution in [0.4, 0.5) is 5.69 Å². The molecular weight excluding hydrogens is 232 g/mol. The van der Waals surface area contributed by atoms with Crippen molar-refractivity contribution >= 4 is 5.69 Å². The minimum absolute atomic E-state index is 0.843. The van der Waals surface area contributed by atoms with Crippen molar-refractivity contribution < 1.29 is 0 Å². The molecule has 0 amide bonds. The molecule has 0 aromatic heterocycles. The van der Waals surface area contributed by atoms with Crippen LogP contribution in [0.3, 0.4) is 0 Å². The molecule has 0 aliphatic carbocycles.